The molecule has 0 aliphatic carbocycles. The van der Waals surface area contributed by atoms with Crippen molar-refractivity contribution in [1.82, 2.24) is 10.2 Å². The summed E-state index contributed by atoms with van der Waals surface area (Å²) in [7, 11) is 3.60. The molecule has 27 heavy (non-hydrogen) atoms. The smallest absolute Gasteiger partial charge is 0.193 e. The van der Waals surface area contributed by atoms with Crippen molar-refractivity contribution in [2.24, 2.45) is 4.99 Å². The number of rotatable bonds is 10. The molecule has 1 aromatic carbocycles. The Bertz CT molecular complexity index is 511. The summed E-state index contributed by atoms with van der Waals surface area (Å²) in [6, 6.07) is 10.6. The van der Waals surface area contributed by atoms with Crippen molar-refractivity contribution in [3.63, 3.8) is 0 Å². The summed E-state index contributed by atoms with van der Waals surface area (Å²) in [5.41, 5.74) is 0. The number of halogens is 1. The maximum Gasteiger partial charge on any atom is 0.193 e. The third-order valence-corrected chi connectivity index (χ3v) is 5.51. The lowest BCUT2D eigenvalue weighted by Gasteiger charge is -2.34. The number of likely N-dealkylation sites (tertiary alicyclic amines) is 1. The molecular weight excluding hydrogens is 473 g/mol. The lowest BCUT2D eigenvalue weighted by atomic mass is 10.1. The quantitative estimate of drug-likeness (QED) is 0.171. The fourth-order valence-corrected chi connectivity index (χ4v) is 3.87. The van der Waals surface area contributed by atoms with Gasteiger partial charge in [-0.15, -0.1) is 35.7 Å². The van der Waals surface area contributed by atoms with Gasteiger partial charge >= 0.3 is 0 Å². The highest BCUT2D eigenvalue weighted by atomic mass is 127. The van der Waals surface area contributed by atoms with E-state index >= 15 is 0 Å². The van der Waals surface area contributed by atoms with Crippen LogP contribution < -0.4 is 5.32 Å². The van der Waals surface area contributed by atoms with E-state index in [1.54, 1.807) is 7.11 Å². The number of benzene rings is 1. The highest BCUT2D eigenvalue weighted by Crippen LogP contribution is 2.17. The Hall–Kier alpha value is -0.510. The van der Waals surface area contributed by atoms with Gasteiger partial charge in [-0.3, -0.25) is 4.99 Å². The van der Waals surface area contributed by atoms with Gasteiger partial charge in [0.05, 0.1) is 6.10 Å². The van der Waals surface area contributed by atoms with Crippen molar-refractivity contribution in [3.05, 3.63) is 30.3 Å². The van der Waals surface area contributed by atoms with Crippen LogP contribution in [0.3, 0.4) is 0 Å². The summed E-state index contributed by atoms with van der Waals surface area (Å²) in [5.74, 6) is 2.14. The molecule has 1 aliphatic rings. The molecule has 1 aromatic rings. The Labute approximate surface area is 185 Å². The second kappa shape index (κ2) is 15.4. The van der Waals surface area contributed by atoms with Crippen LogP contribution in [0.5, 0.6) is 0 Å². The van der Waals surface area contributed by atoms with Crippen LogP contribution in [0.25, 0.3) is 0 Å². The van der Waals surface area contributed by atoms with E-state index in [9.17, 15) is 0 Å². The maximum atomic E-state index is 5.93. The largest absolute Gasteiger partial charge is 0.385 e. The number of hydrogen-bond donors (Lipinski definition) is 1. The molecule has 1 heterocycles. The average Bonchev–Trinajstić information content (AvgIpc) is 2.69. The molecule has 0 saturated carbocycles. The first-order chi connectivity index (χ1) is 12.8. The number of aliphatic imine (C=N–C) groups is 1. The van der Waals surface area contributed by atoms with Crippen molar-refractivity contribution in [2.45, 2.75) is 36.7 Å². The molecule has 0 unspecified atom stereocenters. The van der Waals surface area contributed by atoms with Gasteiger partial charge in [-0.2, -0.15) is 0 Å². The molecule has 0 atom stereocenters. The maximum absolute atomic E-state index is 5.93. The summed E-state index contributed by atoms with van der Waals surface area (Å²) in [6.07, 6.45) is 4.61. The Morgan fingerprint density at radius 2 is 1.93 bits per heavy atom. The number of thioether (sulfide) groups is 1. The lowest BCUT2D eigenvalue weighted by molar-refractivity contribution is 0.00991. The molecule has 1 N–H and O–H groups in total. The molecule has 1 aliphatic heterocycles. The van der Waals surface area contributed by atoms with E-state index in [1.807, 2.05) is 18.8 Å². The van der Waals surface area contributed by atoms with Gasteiger partial charge in [0.1, 0.15) is 0 Å². The first-order valence-electron chi connectivity index (χ1n) is 9.57. The van der Waals surface area contributed by atoms with Gasteiger partial charge in [0.25, 0.3) is 0 Å². The number of piperidine rings is 1. The van der Waals surface area contributed by atoms with E-state index in [4.69, 9.17) is 9.47 Å². The van der Waals surface area contributed by atoms with Crippen LogP contribution in [0.4, 0.5) is 0 Å². The lowest BCUT2D eigenvalue weighted by Crippen LogP contribution is -2.47. The van der Waals surface area contributed by atoms with E-state index in [1.165, 1.54) is 4.90 Å². The molecule has 0 aromatic heterocycles. The molecule has 0 amide bonds. The molecule has 0 spiro atoms. The van der Waals surface area contributed by atoms with Crippen LogP contribution in [0.1, 0.15) is 25.7 Å². The van der Waals surface area contributed by atoms with Crippen molar-refractivity contribution >= 4 is 41.7 Å². The zero-order valence-corrected chi connectivity index (χ0v) is 19.7. The van der Waals surface area contributed by atoms with E-state index in [-0.39, 0.29) is 24.0 Å². The number of guanidine groups is 1. The minimum atomic E-state index is 0. The second-order valence-electron chi connectivity index (χ2n) is 6.39. The zero-order chi connectivity index (χ0) is 18.5. The molecule has 0 radical (unpaired) electrons. The molecule has 0 bridgehead atoms. The normalized spacial score (nSPS) is 15.5. The predicted molar refractivity (Wildman–Crippen MR) is 126 cm³/mol. The van der Waals surface area contributed by atoms with E-state index in [0.717, 1.165) is 70.2 Å². The van der Waals surface area contributed by atoms with E-state index in [0.29, 0.717) is 6.10 Å². The fourth-order valence-electron chi connectivity index (χ4n) is 3.00. The van der Waals surface area contributed by atoms with Crippen molar-refractivity contribution in [2.75, 3.05) is 52.8 Å². The molecule has 154 valence electrons. The number of nitrogens with zero attached hydrogens (tertiary/aromatic N) is 2. The molecule has 7 heteroatoms. The number of ether oxygens (including phenoxy) is 2. The SMILES string of the molecule is CN=C(NCCCSc1ccccc1)N1CCC(OCCCOC)CC1.I. The highest BCUT2D eigenvalue weighted by Gasteiger charge is 2.21. The average molecular weight is 507 g/mol. The summed E-state index contributed by atoms with van der Waals surface area (Å²) in [6.45, 7) is 4.54. The summed E-state index contributed by atoms with van der Waals surface area (Å²) in [5, 5.41) is 3.51. The van der Waals surface area contributed by atoms with Crippen LogP contribution >= 0.6 is 35.7 Å². The fraction of sp³-hybridized carbons (Fsp3) is 0.650. The predicted octanol–water partition coefficient (Wildman–Crippen LogP) is 3.88. The first-order valence-corrected chi connectivity index (χ1v) is 10.6. The number of methoxy groups -OCH3 is 1. The van der Waals surface area contributed by atoms with Crippen molar-refractivity contribution < 1.29 is 9.47 Å². The first kappa shape index (κ1) is 24.5. The Morgan fingerprint density at radius 3 is 2.59 bits per heavy atom. The van der Waals surface area contributed by atoms with Gasteiger partial charge in [-0.25, -0.2) is 0 Å². The Morgan fingerprint density at radius 1 is 1.19 bits per heavy atom. The number of hydrogen-bond acceptors (Lipinski definition) is 4. The third kappa shape index (κ3) is 10.0. The standard InChI is InChI=1S/C20H33N3O2S.HI/c1-21-20(22-12-6-17-26-19-8-4-3-5-9-19)23-13-10-18(11-14-23)25-16-7-15-24-2;/h3-5,8-9,18H,6-7,10-17H2,1-2H3,(H,21,22);1H. The monoisotopic (exact) mass is 507 g/mol. The minimum Gasteiger partial charge on any atom is -0.385 e. The van der Waals surface area contributed by atoms with Crippen LogP contribution in [-0.4, -0.2) is 69.7 Å². The van der Waals surface area contributed by atoms with Crippen LogP contribution in [-0.2, 0) is 9.47 Å². The Kier molecular flexibility index (Phi) is 14.0. The van der Waals surface area contributed by atoms with Crippen LogP contribution in [0, 0.1) is 0 Å². The Balaban J connectivity index is 0.00000364. The summed E-state index contributed by atoms with van der Waals surface area (Å²) >= 11 is 1.91. The summed E-state index contributed by atoms with van der Waals surface area (Å²) in [4.78, 5) is 8.13. The van der Waals surface area contributed by atoms with Gasteiger partial charge in [0, 0.05) is 51.9 Å². The molecule has 5 nitrogen and oxygen atoms in total. The van der Waals surface area contributed by atoms with Crippen molar-refractivity contribution in [1.29, 1.82) is 0 Å². The highest BCUT2D eigenvalue weighted by molar-refractivity contribution is 14.0. The molecular formula is C20H34IN3O2S. The molecule has 2 rings (SSSR count). The van der Waals surface area contributed by atoms with Gasteiger partial charge in [0.15, 0.2) is 5.96 Å². The van der Waals surface area contributed by atoms with Gasteiger partial charge in [-0.1, -0.05) is 18.2 Å². The number of nitrogens with one attached hydrogen (secondary N) is 1. The summed E-state index contributed by atoms with van der Waals surface area (Å²) < 4.78 is 11.0. The second-order valence-corrected chi connectivity index (χ2v) is 7.56. The van der Waals surface area contributed by atoms with Crippen molar-refractivity contribution in [3.8, 4) is 0 Å². The minimum absolute atomic E-state index is 0. The van der Waals surface area contributed by atoms with Crippen LogP contribution in [0.2, 0.25) is 0 Å². The van der Waals surface area contributed by atoms with Gasteiger partial charge in [-0.05, 0) is 43.6 Å². The molecule has 1 saturated heterocycles. The van der Waals surface area contributed by atoms with Crippen LogP contribution in [0.15, 0.2) is 40.2 Å². The molecule has 1 fully saturated rings. The van der Waals surface area contributed by atoms with E-state index < -0.39 is 0 Å². The zero-order valence-electron chi connectivity index (χ0n) is 16.6. The van der Waals surface area contributed by atoms with Gasteiger partial charge < -0.3 is 19.7 Å². The van der Waals surface area contributed by atoms with E-state index in [2.05, 4.69) is 45.5 Å². The third-order valence-electron chi connectivity index (χ3n) is 4.42. The topological polar surface area (TPSA) is 46.1 Å². The van der Waals surface area contributed by atoms with Gasteiger partial charge in [0.2, 0.25) is 0 Å².